The van der Waals surface area contributed by atoms with E-state index in [4.69, 9.17) is 5.11 Å². The minimum Gasteiger partial charge on any atom is -0.481 e. The van der Waals surface area contributed by atoms with Crippen molar-refractivity contribution in [3.63, 3.8) is 0 Å². The van der Waals surface area contributed by atoms with E-state index in [1.165, 1.54) is 0 Å². The first kappa shape index (κ1) is 13.8. The first-order valence-electron chi connectivity index (χ1n) is 6.68. The van der Waals surface area contributed by atoms with E-state index < -0.39 is 5.97 Å². The predicted octanol–water partition coefficient (Wildman–Crippen LogP) is 1.41. The molecule has 1 N–H and O–H groups in total. The first-order valence-corrected chi connectivity index (χ1v) is 6.68. The SMILES string of the molecule is Cn1c(N2CCC(C(=O)O)CC2)nnc1C(C)(C)C. The van der Waals surface area contributed by atoms with Crippen LogP contribution in [-0.2, 0) is 17.3 Å². The molecule has 0 aliphatic carbocycles. The summed E-state index contributed by atoms with van der Waals surface area (Å²) in [5.41, 5.74) is -0.0423. The second-order valence-corrected chi connectivity index (χ2v) is 6.23. The quantitative estimate of drug-likeness (QED) is 0.876. The summed E-state index contributed by atoms with van der Waals surface area (Å²) in [6, 6.07) is 0. The smallest absolute Gasteiger partial charge is 0.306 e. The number of piperidine rings is 1. The minimum absolute atomic E-state index is 0.0423. The number of carboxylic acid groups (broad SMARTS) is 1. The molecule has 1 aromatic heterocycles. The standard InChI is InChI=1S/C13H22N4O2/c1-13(2,3)11-14-15-12(16(11)4)17-7-5-9(6-8-17)10(18)19/h9H,5-8H2,1-4H3,(H,18,19). The number of hydrogen-bond acceptors (Lipinski definition) is 4. The third kappa shape index (κ3) is 2.72. The van der Waals surface area contributed by atoms with Crippen molar-refractivity contribution in [2.75, 3.05) is 18.0 Å². The maximum Gasteiger partial charge on any atom is 0.306 e. The van der Waals surface area contributed by atoms with Crippen molar-refractivity contribution in [2.24, 2.45) is 13.0 Å². The summed E-state index contributed by atoms with van der Waals surface area (Å²) in [5.74, 6) is 0.885. The Morgan fingerprint density at radius 1 is 1.26 bits per heavy atom. The van der Waals surface area contributed by atoms with Gasteiger partial charge >= 0.3 is 5.97 Å². The summed E-state index contributed by atoms with van der Waals surface area (Å²) in [6.07, 6.45) is 1.35. The average Bonchev–Trinajstić information content (AvgIpc) is 2.71. The Balaban J connectivity index is 2.13. The van der Waals surface area contributed by atoms with Crippen LogP contribution < -0.4 is 4.90 Å². The lowest BCUT2D eigenvalue weighted by atomic mass is 9.96. The van der Waals surface area contributed by atoms with Crippen molar-refractivity contribution in [1.29, 1.82) is 0 Å². The molecule has 1 aliphatic heterocycles. The zero-order valence-corrected chi connectivity index (χ0v) is 12.1. The Labute approximate surface area is 113 Å². The number of hydrogen-bond donors (Lipinski definition) is 1. The van der Waals surface area contributed by atoms with E-state index in [0.29, 0.717) is 12.8 Å². The molecule has 0 aromatic carbocycles. The molecule has 0 bridgehead atoms. The molecule has 6 nitrogen and oxygen atoms in total. The van der Waals surface area contributed by atoms with Crippen molar-refractivity contribution in [1.82, 2.24) is 14.8 Å². The van der Waals surface area contributed by atoms with Crippen molar-refractivity contribution in [3.05, 3.63) is 5.82 Å². The molecule has 0 amide bonds. The molecular formula is C13H22N4O2. The van der Waals surface area contributed by atoms with Crippen LogP contribution in [-0.4, -0.2) is 38.9 Å². The van der Waals surface area contributed by atoms with E-state index in [-0.39, 0.29) is 11.3 Å². The fourth-order valence-electron chi connectivity index (χ4n) is 2.58. The van der Waals surface area contributed by atoms with Gasteiger partial charge in [-0.25, -0.2) is 0 Å². The molecule has 0 saturated carbocycles. The van der Waals surface area contributed by atoms with Crippen molar-refractivity contribution in [2.45, 2.75) is 39.0 Å². The topological polar surface area (TPSA) is 71.2 Å². The Bertz CT molecular complexity index is 467. The highest BCUT2D eigenvalue weighted by atomic mass is 16.4. The summed E-state index contributed by atoms with van der Waals surface area (Å²) in [6.45, 7) is 7.78. The number of anilines is 1. The maximum atomic E-state index is 10.9. The van der Waals surface area contributed by atoms with Gasteiger partial charge in [0.2, 0.25) is 5.95 Å². The lowest BCUT2D eigenvalue weighted by molar-refractivity contribution is -0.142. The molecular weight excluding hydrogens is 244 g/mol. The molecule has 0 atom stereocenters. The van der Waals surface area contributed by atoms with Gasteiger partial charge in [-0.15, -0.1) is 10.2 Å². The fourth-order valence-corrected chi connectivity index (χ4v) is 2.58. The highest BCUT2D eigenvalue weighted by Crippen LogP contribution is 2.26. The van der Waals surface area contributed by atoms with Gasteiger partial charge in [-0.1, -0.05) is 20.8 Å². The molecule has 0 radical (unpaired) electrons. The largest absolute Gasteiger partial charge is 0.481 e. The van der Waals surface area contributed by atoms with Crippen LogP contribution in [0, 0.1) is 5.92 Å². The lowest BCUT2D eigenvalue weighted by Gasteiger charge is -2.30. The van der Waals surface area contributed by atoms with Crippen LogP contribution in [0.2, 0.25) is 0 Å². The molecule has 1 fully saturated rings. The van der Waals surface area contributed by atoms with Crippen LogP contribution in [0.4, 0.5) is 5.95 Å². The van der Waals surface area contributed by atoms with Crippen LogP contribution in [0.5, 0.6) is 0 Å². The zero-order chi connectivity index (χ0) is 14.2. The van der Waals surface area contributed by atoms with Gasteiger partial charge < -0.3 is 10.0 Å². The highest BCUT2D eigenvalue weighted by Gasteiger charge is 2.29. The van der Waals surface area contributed by atoms with E-state index in [0.717, 1.165) is 24.9 Å². The van der Waals surface area contributed by atoms with Gasteiger partial charge in [-0.05, 0) is 12.8 Å². The Morgan fingerprint density at radius 3 is 2.26 bits per heavy atom. The van der Waals surface area contributed by atoms with E-state index in [1.54, 1.807) is 0 Å². The van der Waals surface area contributed by atoms with Gasteiger partial charge in [-0.3, -0.25) is 9.36 Å². The monoisotopic (exact) mass is 266 g/mol. The Hall–Kier alpha value is -1.59. The van der Waals surface area contributed by atoms with Gasteiger partial charge in [0.05, 0.1) is 5.92 Å². The number of carboxylic acids is 1. The summed E-state index contributed by atoms with van der Waals surface area (Å²) in [4.78, 5) is 13.1. The molecule has 106 valence electrons. The van der Waals surface area contributed by atoms with Crippen LogP contribution >= 0.6 is 0 Å². The third-order valence-electron chi connectivity index (χ3n) is 3.65. The van der Waals surface area contributed by atoms with Gasteiger partial charge in [0, 0.05) is 25.6 Å². The molecule has 2 heterocycles. The van der Waals surface area contributed by atoms with Gasteiger partial charge in [0.25, 0.3) is 0 Å². The first-order chi connectivity index (χ1) is 8.80. The van der Waals surface area contributed by atoms with E-state index >= 15 is 0 Å². The van der Waals surface area contributed by atoms with Crippen LogP contribution in [0.1, 0.15) is 39.4 Å². The summed E-state index contributed by atoms with van der Waals surface area (Å²) >= 11 is 0. The maximum absolute atomic E-state index is 10.9. The zero-order valence-electron chi connectivity index (χ0n) is 12.1. The van der Waals surface area contributed by atoms with Gasteiger partial charge in [0.1, 0.15) is 5.82 Å². The number of aliphatic carboxylic acids is 1. The summed E-state index contributed by atoms with van der Waals surface area (Å²) in [5, 5.41) is 17.5. The molecule has 1 aliphatic rings. The second kappa shape index (κ2) is 4.83. The predicted molar refractivity (Wildman–Crippen MR) is 72.3 cm³/mol. The molecule has 1 aromatic rings. The second-order valence-electron chi connectivity index (χ2n) is 6.23. The van der Waals surface area contributed by atoms with E-state index in [9.17, 15) is 4.79 Å². The molecule has 1 saturated heterocycles. The Kier molecular flexibility index (Phi) is 3.52. The summed E-state index contributed by atoms with van der Waals surface area (Å²) in [7, 11) is 1.97. The summed E-state index contributed by atoms with van der Waals surface area (Å²) < 4.78 is 2.01. The minimum atomic E-state index is -0.687. The average molecular weight is 266 g/mol. The van der Waals surface area contributed by atoms with Crippen LogP contribution in [0.25, 0.3) is 0 Å². The number of nitrogens with zero attached hydrogens (tertiary/aromatic N) is 4. The molecule has 19 heavy (non-hydrogen) atoms. The van der Waals surface area contributed by atoms with Crippen molar-refractivity contribution >= 4 is 11.9 Å². The van der Waals surface area contributed by atoms with Crippen LogP contribution in [0.3, 0.4) is 0 Å². The lowest BCUT2D eigenvalue weighted by Crippen LogP contribution is -2.37. The molecule has 6 heteroatoms. The van der Waals surface area contributed by atoms with Crippen LogP contribution in [0.15, 0.2) is 0 Å². The molecule has 0 unspecified atom stereocenters. The van der Waals surface area contributed by atoms with Crippen molar-refractivity contribution in [3.8, 4) is 0 Å². The number of rotatable bonds is 2. The number of aromatic nitrogens is 3. The number of carbonyl (C=O) groups is 1. The highest BCUT2D eigenvalue weighted by molar-refractivity contribution is 5.70. The van der Waals surface area contributed by atoms with E-state index in [1.807, 2.05) is 11.6 Å². The molecule has 0 spiro atoms. The fraction of sp³-hybridized carbons (Fsp3) is 0.769. The third-order valence-corrected chi connectivity index (χ3v) is 3.65. The van der Waals surface area contributed by atoms with Gasteiger partial charge in [0.15, 0.2) is 0 Å². The van der Waals surface area contributed by atoms with E-state index in [2.05, 4.69) is 35.9 Å². The normalized spacial score (nSPS) is 17.8. The molecule has 2 rings (SSSR count). The van der Waals surface area contributed by atoms with Crippen molar-refractivity contribution < 1.29 is 9.90 Å². The van der Waals surface area contributed by atoms with Gasteiger partial charge in [-0.2, -0.15) is 0 Å². The Morgan fingerprint density at radius 2 is 1.84 bits per heavy atom.